The van der Waals surface area contributed by atoms with Crippen LogP contribution in [-0.4, -0.2) is 18.5 Å². The molecule has 0 radical (unpaired) electrons. The molecular weight excluding hydrogens is 258 g/mol. The van der Waals surface area contributed by atoms with Crippen LogP contribution < -0.4 is 0 Å². The first-order valence-corrected chi connectivity index (χ1v) is 7.46. The first kappa shape index (κ1) is 13.9. The smallest absolute Gasteiger partial charge is 0.134 e. The van der Waals surface area contributed by atoms with Gasteiger partial charge in [-0.05, 0) is 38.1 Å². The summed E-state index contributed by atoms with van der Waals surface area (Å²) in [6.45, 7) is 3.21. The largest absolute Gasteiger partial charge is 0.459 e. The Morgan fingerprint density at radius 3 is 2.48 bits per heavy atom. The lowest BCUT2D eigenvalue weighted by atomic mass is 10.1. The minimum Gasteiger partial charge on any atom is -0.459 e. The second-order valence-electron chi connectivity index (χ2n) is 5.58. The van der Waals surface area contributed by atoms with Crippen LogP contribution in [0.1, 0.15) is 24.3 Å². The number of hydrogen-bond donors (Lipinski definition) is 0. The van der Waals surface area contributed by atoms with Crippen LogP contribution in [-0.2, 0) is 6.42 Å². The minimum absolute atomic E-state index is 0.279. The van der Waals surface area contributed by atoms with Gasteiger partial charge in [-0.2, -0.15) is 0 Å². The molecular formula is C19H21NO. The maximum Gasteiger partial charge on any atom is 0.134 e. The fourth-order valence-electron chi connectivity index (χ4n) is 2.57. The Hall–Kier alpha value is -2.06. The SMILES string of the molecule is CC(c1cc2ccccc2o1)N(C)CCc1ccccc1. The molecule has 2 aromatic carbocycles. The van der Waals surface area contributed by atoms with Crippen molar-refractivity contribution in [2.45, 2.75) is 19.4 Å². The third-order valence-corrected chi connectivity index (χ3v) is 4.11. The highest BCUT2D eigenvalue weighted by molar-refractivity contribution is 5.77. The highest BCUT2D eigenvalue weighted by Crippen LogP contribution is 2.26. The van der Waals surface area contributed by atoms with Gasteiger partial charge in [0.2, 0.25) is 0 Å². The molecule has 0 bridgehead atoms. The minimum atomic E-state index is 0.279. The van der Waals surface area contributed by atoms with E-state index in [0.717, 1.165) is 24.3 Å². The molecule has 2 nitrogen and oxygen atoms in total. The zero-order valence-electron chi connectivity index (χ0n) is 12.6. The molecule has 108 valence electrons. The third kappa shape index (κ3) is 3.17. The molecule has 0 fully saturated rings. The second kappa shape index (κ2) is 6.15. The molecule has 0 spiro atoms. The Labute approximate surface area is 126 Å². The van der Waals surface area contributed by atoms with Gasteiger partial charge in [0.15, 0.2) is 0 Å². The third-order valence-electron chi connectivity index (χ3n) is 4.11. The molecule has 1 heterocycles. The molecule has 0 amide bonds. The Morgan fingerprint density at radius 1 is 1.00 bits per heavy atom. The van der Waals surface area contributed by atoms with Gasteiger partial charge in [-0.25, -0.2) is 0 Å². The Kier molecular flexibility index (Phi) is 4.07. The molecule has 3 rings (SSSR count). The summed E-state index contributed by atoms with van der Waals surface area (Å²) in [6.07, 6.45) is 1.06. The molecule has 0 aliphatic heterocycles. The van der Waals surface area contributed by atoms with E-state index in [0.29, 0.717) is 0 Å². The van der Waals surface area contributed by atoms with E-state index in [9.17, 15) is 0 Å². The number of benzene rings is 2. The van der Waals surface area contributed by atoms with Crippen LogP contribution in [0.4, 0.5) is 0 Å². The summed E-state index contributed by atoms with van der Waals surface area (Å²) in [5.41, 5.74) is 2.34. The average molecular weight is 279 g/mol. The molecule has 0 saturated heterocycles. The van der Waals surface area contributed by atoms with Gasteiger partial charge >= 0.3 is 0 Å². The van der Waals surface area contributed by atoms with Crippen molar-refractivity contribution in [3.8, 4) is 0 Å². The van der Waals surface area contributed by atoms with Crippen LogP contribution >= 0.6 is 0 Å². The second-order valence-corrected chi connectivity index (χ2v) is 5.58. The summed E-state index contributed by atoms with van der Waals surface area (Å²) >= 11 is 0. The van der Waals surface area contributed by atoms with Crippen molar-refractivity contribution in [1.29, 1.82) is 0 Å². The quantitative estimate of drug-likeness (QED) is 0.675. The zero-order chi connectivity index (χ0) is 14.7. The van der Waals surface area contributed by atoms with Gasteiger partial charge in [0.1, 0.15) is 11.3 Å². The van der Waals surface area contributed by atoms with E-state index in [-0.39, 0.29) is 6.04 Å². The molecule has 0 saturated carbocycles. The van der Waals surface area contributed by atoms with E-state index in [4.69, 9.17) is 4.42 Å². The van der Waals surface area contributed by atoms with Crippen molar-refractivity contribution >= 4 is 11.0 Å². The van der Waals surface area contributed by atoms with Crippen LogP contribution in [0.3, 0.4) is 0 Å². The van der Waals surface area contributed by atoms with Crippen LogP contribution in [0, 0.1) is 0 Å². The van der Waals surface area contributed by atoms with E-state index < -0.39 is 0 Å². The molecule has 1 aromatic heterocycles. The van der Waals surface area contributed by atoms with Crippen molar-refractivity contribution in [3.05, 3.63) is 72.0 Å². The van der Waals surface area contributed by atoms with Crippen LogP contribution in [0.25, 0.3) is 11.0 Å². The topological polar surface area (TPSA) is 16.4 Å². The lowest BCUT2D eigenvalue weighted by Crippen LogP contribution is -2.24. The summed E-state index contributed by atoms with van der Waals surface area (Å²) in [5, 5.41) is 1.18. The first-order valence-electron chi connectivity index (χ1n) is 7.46. The number of rotatable bonds is 5. The fraction of sp³-hybridized carbons (Fsp3) is 0.263. The molecule has 0 aliphatic carbocycles. The van der Waals surface area contributed by atoms with Gasteiger partial charge in [0.05, 0.1) is 6.04 Å². The van der Waals surface area contributed by atoms with Crippen LogP contribution in [0.2, 0.25) is 0 Å². The maximum atomic E-state index is 5.96. The Morgan fingerprint density at radius 2 is 1.71 bits per heavy atom. The molecule has 21 heavy (non-hydrogen) atoms. The number of nitrogens with zero attached hydrogens (tertiary/aromatic N) is 1. The van der Waals surface area contributed by atoms with Crippen LogP contribution in [0.15, 0.2) is 65.1 Å². The summed E-state index contributed by atoms with van der Waals surface area (Å²) in [6, 6.07) is 21.2. The van der Waals surface area contributed by atoms with E-state index in [1.165, 1.54) is 10.9 Å². The Balaban J connectivity index is 1.67. The molecule has 0 aliphatic rings. The lowest BCUT2D eigenvalue weighted by molar-refractivity contribution is 0.237. The number of likely N-dealkylation sites (N-methyl/N-ethyl adjacent to an activating group) is 1. The first-order chi connectivity index (χ1) is 10.2. The van der Waals surface area contributed by atoms with Gasteiger partial charge in [-0.1, -0.05) is 48.5 Å². The standard InChI is InChI=1S/C19H21NO/c1-15(19-14-17-10-6-7-11-18(17)21-19)20(2)13-12-16-8-4-3-5-9-16/h3-11,14-15H,12-13H2,1-2H3. The van der Waals surface area contributed by atoms with Crippen molar-refractivity contribution in [1.82, 2.24) is 4.90 Å². The van der Waals surface area contributed by atoms with Crippen molar-refractivity contribution in [2.75, 3.05) is 13.6 Å². The van der Waals surface area contributed by atoms with E-state index in [1.807, 2.05) is 18.2 Å². The molecule has 0 N–H and O–H groups in total. The summed E-state index contributed by atoms with van der Waals surface area (Å²) in [7, 11) is 2.15. The van der Waals surface area contributed by atoms with Gasteiger partial charge < -0.3 is 4.42 Å². The van der Waals surface area contributed by atoms with Crippen LogP contribution in [0.5, 0.6) is 0 Å². The normalized spacial score (nSPS) is 12.9. The monoisotopic (exact) mass is 279 g/mol. The summed E-state index contributed by atoms with van der Waals surface area (Å²) in [5.74, 6) is 1.03. The van der Waals surface area contributed by atoms with Gasteiger partial charge in [-0.3, -0.25) is 4.90 Å². The summed E-state index contributed by atoms with van der Waals surface area (Å²) in [4.78, 5) is 2.34. The predicted octanol–water partition coefficient (Wildman–Crippen LogP) is 4.67. The van der Waals surface area contributed by atoms with Crippen molar-refractivity contribution < 1.29 is 4.42 Å². The average Bonchev–Trinajstić information content (AvgIpc) is 2.97. The molecule has 1 atom stereocenters. The number of para-hydroxylation sites is 1. The van der Waals surface area contributed by atoms with Gasteiger partial charge in [0, 0.05) is 11.9 Å². The van der Waals surface area contributed by atoms with Crippen molar-refractivity contribution in [2.24, 2.45) is 0 Å². The predicted molar refractivity (Wildman–Crippen MR) is 87.4 cm³/mol. The number of hydrogen-bond acceptors (Lipinski definition) is 2. The molecule has 3 aromatic rings. The van der Waals surface area contributed by atoms with E-state index in [1.54, 1.807) is 0 Å². The van der Waals surface area contributed by atoms with E-state index in [2.05, 4.69) is 61.3 Å². The summed E-state index contributed by atoms with van der Waals surface area (Å²) < 4.78 is 5.96. The molecule has 2 heteroatoms. The van der Waals surface area contributed by atoms with E-state index >= 15 is 0 Å². The highest BCUT2D eigenvalue weighted by Gasteiger charge is 2.15. The zero-order valence-corrected chi connectivity index (χ0v) is 12.6. The molecule has 1 unspecified atom stereocenters. The lowest BCUT2D eigenvalue weighted by Gasteiger charge is -2.22. The highest BCUT2D eigenvalue weighted by atomic mass is 16.3. The fourth-order valence-corrected chi connectivity index (χ4v) is 2.57. The van der Waals surface area contributed by atoms with Gasteiger partial charge in [-0.15, -0.1) is 0 Å². The maximum absolute atomic E-state index is 5.96. The number of furan rings is 1. The van der Waals surface area contributed by atoms with Crippen molar-refractivity contribution in [3.63, 3.8) is 0 Å². The Bertz CT molecular complexity index is 669. The number of fused-ring (bicyclic) bond motifs is 1. The van der Waals surface area contributed by atoms with Gasteiger partial charge in [0.25, 0.3) is 0 Å².